The Morgan fingerprint density at radius 2 is 2.04 bits per heavy atom. The molecule has 1 saturated heterocycles. The van der Waals surface area contributed by atoms with Gasteiger partial charge in [0, 0.05) is 19.0 Å². The summed E-state index contributed by atoms with van der Waals surface area (Å²) in [4.78, 5) is 38.7. The summed E-state index contributed by atoms with van der Waals surface area (Å²) in [6.07, 6.45) is 8.00. The van der Waals surface area contributed by atoms with Gasteiger partial charge in [0.1, 0.15) is 5.75 Å². The van der Waals surface area contributed by atoms with E-state index in [1.165, 1.54) is 4.90 Å². The van der Waals surface area contributed by atoms with E-state index in [2.05, 4.69) is 17.5 Å². The van der Waals surface area contributed by atoms with Gasteiger partial charge in [-0.15, -0.1) is 0 Å². The van der Waals surface area contributed by atoms with Gasteiger partial charge in [-0.25, -0.2) is 0 Å². The zero-order valence-electron chi connectivity index (χ0n) is 15.6. The number of fused-ring (bicyclic) bond motifs is 2. The van der Waals surface area contributed by atoms with Crippen molar-refractivity contribution in [2.75, 3.05) is 20.2 Å². The van der Waals surface area contributed by atoms with E-state index < -0.39 is 0 Å². The van der Waals surface area contributed by atoms with Crippen LogP contribution in [0.3, 0.4) is 0 Å². The number of rotatable bonds is 6. The molecule has 2 aliphatic carbocycles. The van der Waals surface area contributed by atoms with Crippen LogP contribution in [0, 0.1) is 17.8 Å². The van der Waals surface area contributed by atoms with E-state index in [4.69, 9.17) is 4.74 Å². The first-order chi connectivity index (χ1) is 13.5. The largest absolute Gasteiger partial charge is 0.497 e. The molecule has 3 amide bonds. The van der Waals surface area contributed by atoms with Gasteiger partial charge in [0.05, 0.1) is 12.0 Å². The molecule has 1 aromatic rings. The van der Waals surface area contributed by atoms with Crippen LogP contribution in [-0.2, 0) is 9.59 Å². The molecule has 1 heterocycles. The number of methoxy groups -OCH3 is 1. The van der Waals surface area contributed by atoms with Gasteiger partial charge in [-0.1, -0.05) is 24.3 Å². The summed E-state index contributed by atoms with van der Waals surface area (Å²) in [5.41, 5.74) is 0.823. The molecule has 28 heavy (non-hydrogen) atoms. The molecule has 1 aromatic carbocycles. The van der Waals surface area contributed by atoms with Crippen LogP contribution >= 0.6 is 11.8 Å². The number of ether oxygens (including phenoxy) is 1. The Bertz CT molecular complexity index is 862. The SMILES string of the molecule is COc1ccc(/C=C2\SC(=O)N(CCNC(=O)[C@@H]3C[C@H]4C=C[C@H]3C4)C2=O)cc1. The van der Waals surface area contributed by atoms with Crippen molar-refractivity contribution in [1.82, 2.24) is 10.2 Å². The van der Waals surface area contributed by atoms with Crippen molar-refractivity contribution < 1.29 is 19.1 Å². The first-order valence-corrected chi connectivity index (χ1v) is 10.2. The lowest BCUT2D eigenvalue weighted by atomic mass is 9.93. The number of carbonyl (C=O) groups is 3. The van der Waals surface area contributed by atoms with Gasteiger partial charge in [0.2, 0.25) is 5.91 Å². The van der Waals surface area contributed by atoms with Crippen LogP contribution in [0.15, 0.2) is 41.3 Å². The minimum atomic E-state index is -0.317. The maximum absolute atomic E-state index is 12.5. The highest BCUT2D eigenvalue weighted by atomic mass is 32.2. The van der Waals surface area contributed by atoms with Crippen LogP contribution in [0.1, 0.15) is 18.4 Å². The quantitative estimate of drug-likeness (QED) is 0.589. The smallest absolute Gasteiger partial charge is 0.293 e. The van der Waals surface area contributed by atoms with Crippen LogP contribution in [0.4, 0.5) is 4.79 Å². The fraction of sp³-hybridized carbons (Fsp3) is 0.381. The molecule has 146 valence electrons. The van der Waals surface area contributed by atoms with Crippen molar-refractivity contribution in [2.45, 2.75) is 12.8 Å². The maximum Gasteiger partial charge on any atom is 0.293 e. The van der Waals surface area contributed by atoms with Crippen LogP contribution in [-0.4, -0.2) is 42.2 Å². The van der Waals surface area contributed by atoms with Crippen molar-refractivity contribution in [3.8, 4) is 5.75 Å². The van der Waals surface area contributed by atoms with Crippen molar-refractivity contribution in [1.29, 1.82) is 0 Å². The molecule has 0 spiro atoms. The van der Waals surface area contributed by atoms with E-state index in [9.17, 15) is 14.4 Å². The maximum atomic E-state index is 12.5. The highest BCUT2D eigenvalue weighted by Gasteiger charge is 2.40. The number of carbonyl (C=O) groups excluding carboxylic acids is 3. The Morgan fingerprint density at radius 3 is 2.68 bits per heavy atom. The Labute approximate surface area is 168 Å². The Balaban J connectivity index is 1.32. The Morgan fingerprint density at radius 1 is 1.25 bits per heavy atom. The molecule has 0 aromatic heterocycles. The molecular weight excluding hydrogens is 376 g/mol. The molecule has 0 radical (unpaired) electrons. The minimum Gasteiger partial charge on any atom is -0.497 e. The fourth-order valence-corrected chi connectivity index (χ4v) is 4.91. The zero-order valence-corrected chi connectivity index (χ0v) is 16.4. The number of thioether (sulfide) groups is 1. The molecule has 1 N–H and O–H groups in total. The topological polar surface area (TPSA) is 75.7 Å². The summed E-state index contributed by atoms with van der Waals surface area (Å²) < 4.78 is 5.12. The summed E-state index contributed by atoms with van der Waals surface area (Å²) >= 11 is 0.926. The van der Waals surface area contributed by atoms with E-state index in [-0.39, 0.29) is 36.1 Å². The van der Waals surface area contributed by atoms with Crippen LogP contribution in [0.5, 0.6) is 5.75 Å². The minimum absolute atomic E-state index is 0.0256. The highest BCUT2D eigenvalue weighted by Crippen LogP contribution is 2.43. The predicted octanol–water partition coefficient (Wildman–Crippen LogP) is 3.06. The molecule has 4 rings (SSSR count). The van der Waals surface area contributed by atoms with E-state index in [0.717, 1.165) is 35.9 Å². The van der Waals surface area contributed by atoms with Crippen LogP contribution < -0.4 is 10.1 Å². The van der Waals surface area contributed by atoms with Gasteiger partial charge in [-0.3, -0.25) is 19.3 Å². The molecule has 2 fully saturated rings. The lowest BCUT2D eigenvalue weighted by molar-refractivity contribution is -0.127. The van der Waals surface area contributed by atoms with Crippen molar-refractivity contribution in [3.05, 3.63) is 46.9 Å². The van der Waals surface area contributed by atoms with E-state index in [1.54, 1.807) is 25.3 Å². The summed E-state index contributed by atoms with van der Waals surface area (Å²) in [5, 5.41) is 2.59. The lowest BCUT2D eigenvalue weighted by Crippen LogP contribution is -2.40. The lowest BCUT2D eigenvalue weighted by Gasteiger charge is -2.19. The number of imide groups is 1. The number of allylic oxidation sites excluding steroid dienone is 2. The molecule has 1 aliphatic heterocycles. The average molecular weight is 398 g/mol. The first kappa shape index (κ1) is 18.8. The predicted molar refractivity (Wildman–Crippen MR) is 108 cm³/mol. The summed E-state index contributed by atoms with van der Waals surface area (Å²) in [7, 11) is 1.59. The monoisotopic (exact) mass is 398 g/mol. The molecule has 3 aliphatic rings. The van der Waals surface area contributed by atoms with E-state index in [1.807, 2.05) is 12.1 Å². The summed E-state index contributed by atoms with van der Waals surface area (Å²) in [5.74, 6) is 1.34. The number of hydrogen-bond donors (Lipinski definition) is 1. The molecule has 1 saturated carbocycles. The van der Waals surface area contributed by atoms with E-state index >= 15 is 0 Å². The first-order valence-electron chi connectivity index (χ1n) is 9.40. The fourth-order valence-electron chi connectivity index (χ4n) is 4.05. The number of nitrogens with one attached hydrogen (secondary N) is 1. The molecule has 7 heteroatoms. The average Bonchev–Trinajstić information content (AvgIpc) is 3.40. The van der Waals surface area contributed by atoms with Crippen molar-refractivity contribution in [2.24, 2.45) is 17.8 Å². The third-order valence-electron chi connectivity index (χ3n) is 5.54. The van der Waals surface area contributed by atoms with Gasteiger partial charge in [0.25, 0.3) is 11.1 Å². The van der Waals surface area contributed by atoms with E-state index in [0.29, 0.717) is 16.7 Å². The third-order valence-corrected chi connectivity index (χ3v) is 6.44. The standard InChI is InChI=1S/C21H22N2O4S/c1-27-16-6-3-13(4-7-16)12-18-20(25)23(21(26)28-18)9-8-22-19(24)17-11-14-2-5-15(17)10-14/h2-7,12,14-15,17H,8-11H2,1H3,(H,22,24)/b18-12-/t14-,15-,17+/m0/s1. The Kier molecular flexibility index (Phi) is 5.26. The zero-order chi connectivity index (χ0) is 19.7. The van der Waals surface area contributed by atoms with Crippen LogP contribution in [0.2, 0.25) is 0 Å². The second-order valence-corrected chi connectivity index (χ2v) is 8.28. The number of benzene rings is 1. The summed E-state index contributed by atoms with van der Waals surface area (Å²) in [6.45, 7) is 0.470. The number of nitrogens with zero attached hydrogens (tertiary/aromatic N) is 1. The molecule has 2 bridgehead atoms. The molecule has 3 atom stereocenters. The molecule has 0 unspecified atom stereocenters. The molecular formula is C21H22N2O4S. The van der Waals surface area contributed by atoms with Crippen LogP contribution in [0.25, 0.3) is 6.08 Å². The van der Waals surface area contributed by atoms with Crippen molar-refractivity contribution >= 4 is 34.9 Å². The van der Waals surface area contributed by atoms with Gasteiger partial charge in [-0.2, -0.15) is 0 Å². The molecule has 6 nitrogen and oxygen atoms in total. The van der Waals surface area contributed by atoms with Gasteiger partial charge >= 0.3 is 0 Å². The third kappa shape index (κ3) is 3.71. The van der Waals surface area contributed by atoms with Gasteiger partial charge < -0.3 is 10.1 Å². The second-order valence-electron chi connectivity index (χ2n) is 7.28. The van der Waals surface area contributed by atoms with Gasteiger partial charge in [-0.05, 0) is 60.2 Å². The van der Waals surface area contributed by atoms with Gasteiger partial charge in [0.15, 0.2) is 0 Å². The summed E-state index contributed by atoms with van der Waals surface area (Å²) in [6, 6.07) is 7.26. The van der Waals surface area contributed by atoms with Crippen molar-refractivity contribution in [3.63, 3.8) is 0 Å². The number of amides is 3. The Hall–Kier alpha value is -2.54. The second kappa shape index (κ2) is 7.83. The number of hydrogen-bond acceptors (Lipinski definition) is 5. The normalized spacial score (nSPS) is 27.1. The highest BCUT2D eigenvalue weighted by molar-refractivity contribution is 8.18.